The molecule has 0 radical (unpaired) electrons. The Kier molecular flexibility index (Phi) is 5.72. The molecule has 0 atom stereocenters. The molecule has 0 spiro atoms. The lowest BCUT2D eigenvalue weighted by Gasteiger charge is -2.30. The standard InChI is InChI=1S/C22H20BrNO4S/c23-19-6-8-20(9-7-19)28-22(25)17-11-13-24(14-12-17)29(26,27)21-10-5-16-3-1-2-4-18(16)15-21/h1-10,15,17H,11-14H2. The summed E-state index contributed by atoms with van der Waals surface area (Å²) in [4.78, 5) is 12.7. The number of hydrogen-bond acceptors (Lipinski definition) is 4. The molecule has 0 saturated carbocycles. The summed E-state index contributed by atoms with van der Waals surface area (Å²) in [5.41, 5.74) is 0. The third-order valence-electron chi connectivity index (χ3n) is 5.18. The van der Waals surface area contributed by atoms with Crippen molar-refractivity contribution < 1.29 is 17.9 Å². The van der Waals surface area contributed by atoms with Crippen LogP contribution in [0.15, 0.2) is 76.1 Å². The van der Waals surface area contributed by atoms with Crippen LogP contribution in [-0.2, 0) is 14.8 Å². The highest BCUT2D eigenvalue weighted by atomic mass is 79.9. The Hall–Kier alpha value is -2.22. The first-order valence-electron chi connectivity index (χ1n) is 9.40. The largest absolute Gasteiger partial charge is 0.426 e. The van der Waals surface area contributed by atoms with Crippen molar-refractivity contribution >= 4 is 42.7 Å². The summed E-state index contributed by atoms with van der Waals surface area (Å²) in [6.07, 6.45) is 0.893. The first kappa shape index (κ1) is 20.1. The molecule has 1 aliphatic rings. The number of sulfonamides is 1. The van der Waals surface area contributed by atoms with Crippen molar-refractivity contribution in [2.24, 2.45) is 5.92 Å². The van der Waals surface area contributed by atoms with Crippen LogP contribution in [0.4, 0.5) is 0 Å². The molecule has 1 fully saturated rings. The lowest BCUT2D eigenvalue weighted by molar-refractivity contribution is -0.140. The SMILES string of the molecule is O=C(Oc1ccc(Br)cc1)C1CCN(S(=O)(=O)c2ccc3ccccc3c2)CC1. The number of carbonyl (C=O) groups excluding carboxylic acids is 1. The molecule has 0 bridgehead atoms. The van der Waals surface area contributed by atoms with Gasteiger partial charge in [-0.25, -0.2) is 8.42 Å². The summed E-state index contributed by atoms with van der Waals surface area (Å²) >= 11 is 3.34. The first-order valence-corrected chi connectivity index (χ1v) is 11.6. The molecule has 1 heterocycles. The second-order valence-electron chi connectivity index (χ2n) is 7.06. The van der Waals surface area contributed by atoms with Gasteiger partial charge in [-0.05, 0) is 60.0 Å². The van der Waals surface area contributed by atoms with Gasteiger partial charge in [-0.15, -0.1) is 0 Å². The van der Waals surface area contributed by atoms with E-state index in [-0.39, 0.29) is 16.8 Å². The lowest BCUT2D eigenvalue weighted by atomic mass is 9.98. The molecule has 4 rings (SSSR count). The van der Waals surface area contributed by atoms with Crippen molar-refractivity contribution in [3.63, 3.8) is 0 Å². The Balaban J connectivity index is 1.42. The van der Waals surface area contributed by atoms with E-state index < -0.39 is 10.0 Å². The topological polar surface area (TPSA) is 63.7 Å². The number of carbonyl (C=O) groups is 1. The van der Waals surface area contributed by atoms with E-state index >= 15 is 0 Å². The smallest absolute Gasteiger partial charge is 0.314 e. The quantitative estimate of drug-likeness (QED) is 0.409. The average Bonchev–Trinajstić information content (AvgIpc) is 2.75. The third kappa shape index (κ3) is 4.37. The van der Waals surface area contributed by atoms with Crippen molar-refractivity contribution in [2.75, 3.05) is 13.1 Å². The van der Waals surface area contributed by atoms with E-state index in [0.717, 1.165) is 15.2 Å². The molecule has 0 N–H and O–H groups in total. The van der Waals surface area contributed by atoms with Crippen molar-refractivity contribution in [3.8, 4) is 5.75 Å². The molecule has 1 aliphatic heterocycles. The highest BCUT2D eigenvalue weighted by Crippen LogP contribution is 2.27. The van der Waals surface area contributed by atoms with Crippen LogP contribution in [0.25, 0.3) is 10.8 Å². The van der Waals surface area contributed by atoms with Gasteiger partial charge >= 0.3 is 5.97 Å². The van der Waals surface area contributed by atoms with Gasteiger partial charge in [-0.1, -0.05) is 46.3 Å². The maximum Gasteiger partial charge on any atom is 0.314 e. The Morgan fingerprint density at radius 3 is 2.28 bits per heavy atom. The van der Waals surface area contributed by atoms with E-state index in [0.29, 0.717) is 31.7 Å². The predicted octanol–water partition coefficient (Wildman–Crippen LogP) is 4.61. The van der Waals surface area contributed by atoms with Crippen molar-refractivity contribution in [1.82, 2.24) is 4.31 Å². The molecule has 3 aromatic carbocycles. The van der Waals surface area contributed by atoms with E-state index in [1.807, 2.05) is 30.3 Å². The Morgan fingerprint density at radius 2 is 1.59 bits per heavy atom. The molecular formula is C22H20BrNO4S. The molecule has 0 unspecified atom stereocenters. The summed E-state index contributed by atoms with van der Waals surface area (Å²) in [6.45, 7) is 0.602. The van der Waals surface area contributed by atoms with E-state index in [4.69, 9.17) is 4.74 Å². The Labute approximate surface area is 178 Å². The number of rotatable bonds is 4. The van der Waals surface area contributed by atoms with Crippen molar-refractivity contribution in [1.29, 1.82) is 0 Å². The number of benzene rings is 3. The van der Waals surface area contributed by atoms with Gasteiger partial charge in [-0.3, -0.25) is 4.79 Å². The van der Waals surface area contributed by atoms with Crippen LogP contribution in [-0.4, -0.2) is 31.8 Å². The maximum absolute atomic E-state index is 13.0. The molecule has 1 saturated heterocycles. The van der Waals surface area contributed by atoms with Gasteiger partial charge < -0.3 is 4.74 Å². The fourth-order valence-corrected chi connectivity index (χ4v) is 5.28. The Bertz CT molecular complexity index is 1140. The van der Waals surface area contributed by atoms with Crippen molar-refractivity contribution in [3.05, 3.63) is 71.2 Å². The second-order valence-corrected chi connectivity index (χ2v) is 9.92. The van der Waals surface area contributed by atoms with Gasteiger partial charge in [0.2, 0.25) is 10.0 Å². The highest BCUT2D eigenvalue weighted by molar-refractivity contribution is 9.10. The second kappa shape index (κ2) is 8.26. The molecular weight excluding hydrogens is 454 g/mol. The summed E-state index contributed by atoms with van der Waals surface area (Å²) in [5.74, 6) is -0.124. The third-order valence-corrected chi connectivity index (χ3v) is 7.60. The molecule has 0 aliphatic carbocycles. The average molecular weight is 474 g/mol. The monoisotopic (exact) mass is 473 g/mol. The summed E-state index contributed by atoms with van der Waals surface area (Å²) in [7, 11) is -3.59. The summed E-state index contributed by atoms with van der Waals surface area (Å²) < 4.78 is 33.9. The van der Waals surface area contributed by atoms with Gasteiger partial charge in [0, 0.05) is 17.6 Å². The zero-order chi connectivity index (χ0) is 20.4. The van der Waals surface area contributed by atoms with E-state index in [1.54, 1.807) is 36.4 Å². The molecule has 5 nitrogen and oxygen atoms in total. The zero-order valence-corrected chi connectivity index (χ0v) is 18.0. The number of esters is 1. The van der Waals surface area contributed by atoms with E-state index in [9.17, 15) is 13.2 Å². The number of fused-ring (bicyclic) bond motifs is 1. The fourth-order valence-electron chi connectivity index (χ4n) is 3.51. The zero-order valence-electron chi connectivity index (χ0n) is 15.6. The number of nitrogens with zero attached hydrogens (tertiary/aromatic N) is 1. The molecule has 0 aromatic heterocycles. The molecule has 150 valence electrons. The summed E-state index contributed by atoms with van der Waals surface area (Å²) in [6, 6.07) is 19.9. The van der Waals surface area contributed by atoms with Crippen LogP contribution in [0.2, 0.25) is 0 Å². The van der Waals surface area contributed by atoms with Gasteiger partial charge in [0.1, 0.15) is 5.75 Å². The molecule has 3 aromatic rings. The number of hydrogen-bond donors (Lipinski definition) is 0. The van der Waals surface area contributed by atoms with Crippen LogP contribution in [0.3, 0.4) is 0 Å². The molecule has 29 heavy (non-hydrogen) atoms. The number of halogens is 1. The minimum absolute atomic E-state index is 0.284. The van der Waals surface area contributed by atoms with Crippen LogP contribution in [0.1, 0.15) is 12.8 Å². The Morgan fingerprint density at radius 1 is 0.931 bits per heavy atom. The van der Waals surface area contributed by atoms with Gasteiger partial charge in [0.05, 0.1) is 10.8 Å². The molecule has 0 amide bonds. The maximum atomic E-state index is 13.0. The normalized spacial score (nSPS) is 16.0. The van der Waals surface area contributed by atoms with Crippen molar-refractivity contribution in [2.45, 2.75) is 17.7 Å². The van der Waals surface area contributed by atoms with Crippen LogP contribution in [0.5, 0.6) is 5.75 Å². The van der Waals surface area contributed by atoms with Crippen LogP contribution in [0, 0.1) is 5.92 Å². The molecule has 7 heteroatoms. The highest BCUT2D eigenvalue weighted by Gasteiger charge is 2.33. The number of ether oxygens (including phenoxy) is 1. The lowest BCUT2D eigenvalue weighted by Crippen LogP contribution is -2.41. The number of piperidine rings is 1. The minimum atomic E-state index is -3.59. The van der Waals surface area contributed by atoms with E-state index in [1.165, 1.54) is 4.31 Å². The van der Waals surface area contributed by atoms with Gasteiger partial charge in [0.15, 0.2) is 0 Å². The summed E-state index contributed by atoms with van der Waals surface area (Å²) in [5, 5.41) is 1.89. The van der Waals surface area contributed by atoms with Gasteiger partial charge in [-0.2, -0.15) is 4.31 Å². The van der Waals surface area contributed by atoms with Gasteiger partial charge in [0.25, 0.3) is 0 Å². The predicted molar refractivity (Wildman–Crippen MR) is 115 cm³/mol. The minimum Gasteiger partial charge on any atom is -0.426 e. The fraction of sp³-hybridized carbons (Fsp3) is 0.227. The van der Waals surface area contributed by atoms with Crippen LogP contribution < -0.4 is 4.74 Å². The van der Waals surface area contributed by atoms with Crippen LogP contribution >= 0.6 is 15.9 Å². The first-order chi connectivity index (χ1) is 13.9. The van der Waals surface area contributed by atoms with E-state index in [2.05, 4.69) is 15.9 Å².